The van der Waals surface area contributed by atoms with Gasteiger partial charge in [-0.15, -0.1) is 0 Å². The molecule has 0 heterocycles. The topological polar surface area (TPSA) is 21.3 Å². The van der Waals surface area contributed by atoms with E-state index < -0.39 is 0 Å². The molecule has 100 valence electrons. The van der Waals surface area contributed by atoms with Gasteiger partial charge in [-0.25, -0.2) is 0 Å². The average Bonchev–Trinajstić information content (AvgIpc) is 2.40. The number of benzene rings is 1. The van der Waals surface area contributed by atoms with E-state index in [1.54, 1.807) is 6.07 Å². The van der Waals surface area contributed by atoms with Gasteiger partial charge < -0.3 is 10.1 Å². The van der Waals surface area contributed by atoms with Crippen molar-refractivity contribution in [3.05, 3.63) is 33.8 Å². The summed E-state index contributed by atoms with van der Waals surface area (Å²) in [4.78, 5) is 0. The quantitative estimate of drug-likeness (QED) is 0.902. The Morgan fingerprint density at radius 1 is 1.28 bits per heavy atom. The van der Waals surface area contributed by atoms with Gasteiger partial charge in [0.15, 0.2) is 0 Å². The Labute approximate surface area is 119 Å². The summed E-state index contributed by atoms with van der Waals surface area (Å²) in [6, 6.07) is 5.95. The Bertz CT molecular complexity index is 397. The summed E-state index contributed by atoms with van der Waals surface area (Å²) in [6.45, 7) is 0.530. The van der Waals surface area contributed by atoms with Crippen LogP contribution in [0.25, 0.3) is 0 Å². The molecule has 2 rings (SSSR count). The van der Waals surface area contributed by atoms with E-state index in [2.05, 4.69) is 5.32 Å². The molecule has 1 fully saturated rings. The van der Waals surface area contributed by atoms with Gasteiger partial charge in [-0.2, -0.15) is 0 Å². The van der Waals surface area contributed by atoms with Gasteiger partial charge in [0.25, 0.3) is 0 Å². The van der Waals surface area contributed by atoms with Gasteiger partial charge in [0.1, 0.15) is 0 Å². The Kier molecular flexibility index (Phi) is 5.31. The van der Waals surface area contributed by atoms with Gasteiger partial charge >= 0.3 is 0 Å². The summed E-state index contributed by atoms with van der Waals surface area (Å²) in [7, 11) is 2.00. The molecule has 0 aromatic heterocycles. The molecule has 0 radical (unpaired) electrons. The predicted molar refractivity (Wildman–Crippen MR) is 76.4 cm³/mol. The SMILES string of the molecule is CNC1CCCCC1OCc1cc(Cl)ccc1Cl. The van der Waals surface area contributed by atoms with E-state index in [-0.39, 0.29) is 6.10 Å². The molecule has 1 aromatic carbocycles. The molecule has 0 saturated heterocycles. The largest absolute Gasteiger partial charge is 0.372 e. The van der Waals surface area contributed by atoms with E-state index in [1.807, 2.05) is 19.2 Å². The number of hydrogen-bond acceptors (Lipinski definition) is 2. The van der Waals surface area contributed by atoms with Crippen molar-refractivity contribution in [2.75, 3.05) is 7.05 Å². The number of nitrogens with one attached hydrogen (secondary N) is 1. The van der Waals surface area contributed by atoms with Crippen LogP contribution in [0.4, 0.5) is 0 Å². The second kappa shape index (κ2) is 6.76. The lowest BCUT2D eigenvalue weighted by Crippen LogP contribution is -2.41. The van der Waals surface area contributed by atoms with E-state index >= 15 is 0 Å². The van der Waals surface area contributed by atoms with Crippen molar-refractivity contribution in [3.63, 3.8) is 0 Å². The first kappa shape index (κ1) is 14.1. The van der Waals surface area contributed by atoms with Crippen molar-refractivity contribution in [1.29, 1.82) is 0 Å². The van der Waals surface area contributed by atoms with E-state index in [9.17, 15) is 0 Å². The van der Waals surface area contributed by atoms with Gasteiger partial charge in [-0.1, -0.05) is 36.0 Å². The van der Waals surface area contributed by atoms with Crippen molar-refractivity contribution in [2.24, 2.45) is 0 Å². The third-order valence-electron chi connectivity index (χ3n) is 3.53. The molecule has 2 unspecified atom stereocenters. The number of hydrogen-bond donors (Lipinski definition) is 1. The third kappa shape index (κ3) is 3.61. The van der Waals surface area contributed by atoms with Crippen LogP contribution in [0.5, 0.6) is 0 Å². The Morgan fingerprint density at radius 2 is 2.06 bits per heavy atom. The van der Waals surface area contributed by atoms with Gasteiger partial charge in [0.05, 0.1) is 12.7 Å². The average molecular weight is 288 g/mol. The Morgan fingerprint density at radius 3 is 2.83 bits per heavy atom. The molecule has 2 nitrogen and oxygen atoms in total. The smallest absolute Gasteiger partial charge is 0.0736 e. The minimum absolute atomic E-state index is 0.277. The number of likely N-dealkylation sites (N-methyl/N-ethyl adjacent to an activating group) is 1. The zero-order valence-electron chi connectivity index (χ0n) is 10.6. The van der Waals surface area contributed by atoms with E-state index in [1.165, 1.54) is 19.3 Å². The van der Waals surface area contributed by atoms with Gasteiger partial charge in [-0.05, 0) is 43.7 Å². The molecule has 2 atom stereocenters. The maximum Gasteiger partial charge on any atom is 0.0736 e. The van der Waals surface area contributed by atoms with E-state index in [0.29, 0.717) is 17.7 Å². The summed E-state index contributed by atoms with van der Waals surface area (Å²) in [5.41, 5.74) is 0.963. The summed E-state index contributed by atoms with van der Waals surface area (Å²) >= 11 is 12.1. The molecule has 0 spiro atoms. The lowest BCUT2D eigenvalue weighted by atomic mass is 9.92. The first-order chi connectivity index (χ1) is 8.70. The maximum absolute atomic E-state index is 6.13. The third-order valence-corrected chi connectivity index (χ3v) is 4.14. The van der Waals surface area contributed by atoms with Gasteiger partial charge in [0, 0.05) is 16.1 Å². The van der Waals surface area contributed by atoms with Crippen molar-refractivity contribution in [2.45, 2.75) is 44.4 Å². The van der Waals surface area contributed by atoms with Crippen LogP contribution in [0.3, 0.4) is 0 Å². The normalized spacial score (nSPS) is 24.2. The fraction of sp³-hybridized carbons (Fsp3) is 0.571. The highest BCUT2D eigenvalue weighted by Crippen LogP contribution is 2.25. The molecular weight excluding hydrogens is 269 g/mol. The van der Waals surface area contributed by atoms with E-state index in [4.69, 9.17) is 27.9 Å². The molecule has 1 aromatic rings. The fourth-order valence-corrected chi connectivity index (χ4v) is 2.84. The maximum atomic E-state index is 6.13. The summed E-state index contributed by atoms with van der Waals surface area (Å²) < 4.78 is 6.00. The van der Waals surface area contributed by atoms with Crippen LogP contribution in [-0.4, -0.2) is 19.2 Å². The van der Waals surface area contributed by atoms with Crippen LogP contribution in [-0.2, 0) is 11.3 Å². The zero-order chi connectivity index (χ0) is 13.0. The fourth-order valence-electron chi connectivity index (χ4n) is 2.48. The van der Waals surface area contributed by atoms with Crippen LogP contribution < -0.4 is 5.32 Å². The number of halogens is 2. The molecule has 0 amide bonds. The number of rotatable bonds is 4. The molecule has 18 heavy (non-hydrogen) atoms. The zero-order valence-corrected chi connectivity index (χ0v) is 12.1. The van der Waals surface area contributed by atoms with Crippen LogP contribution in [0.2, 0.25) is 10.0 Å². The first-order valence-corrected chi connectivity index (χ1v) is 7.19. The highest BCUT2D eigenvalue weighted by Gasteiger charge is 2.24. The monoisotopic (exact) mass is 287 g/mol. The lowest BCUT2D eigenvalue weighted by Gasteiger charge is -2.31. The molecule has 0 aliphatic heterocycles. The van der Waals surface area contributed by atoms with Crippen molar-refractivity contribution >= 4 is 23.2 Å². The van der Waals surface area contributed by atoms with Crippen LogP contribution in [0.15, 0.2) is 18.2 Å². The Balaban J connectivity index is 1.95. The van der Waals surface area contributed by atoms with Gasteiger partial charge in [-0.3, -0.25) is 0 Å². The molecule has 1 aliphatic carbocycles. The minimum Gasteiger partial charge on any atom is -0.372 e. The standard InChI is InChI=1S/C14H19Cl2NO/c1-17-13-4-2-3-5-14(13)18-9-10-8-11(15)6-7-12(10)16/h6-8,13-14,17H,2-5,9H2,1H3. The summed E-state index contributed by atoms with van der Waals surface area (Å²) in [5.74, 6) is 0. The second-order valence-corrected chi connectivity index (χ2v) is 5.61. The molecule has 0 bridgehead atoms. The van der Waals surface area contributed by atoms with Crippen molar-refractivity contribution in [3.8, 4) is 0 Å². The molecule has 1 aliphatic rings. The minimum atomic E-state index is 0.277. The molecule has 1 saturated carbocycles. The second-order valence-electron chi connectivity index (χ2n) is 4.76. The van der Waals surface area contributed by atoms with Crippen LogP contribution >= 0.6 is 23.2 Å². The molecule has 1 N–H and O–H groups in total. The lowest BCUT2D eigenvalue weighted by molar-refractivity contribution is -0.00357. The van der Waals surface area contributed by atoms with Crippen molar-refractivity contribution in [1.82, 2.24) is 5.32 Å². The van der Waals surface area contributed by atoms with Gasteiger partial charge in [0.2, 0.25) is 0 Å². The van der Waals surface area contributed by atoms with Crippen LogP contribution in [0.1, 0.15) is 31.2 Å². The highest BCUT2D eigenvalue weighted by molar-refractivity contribution is 6.33. The first-order valence-electron chi connectivity index (χ1n) is 6.43. The summed E-state index contributed by atoms with van der Waals surface area (Å²) in [6.07, 6.45) is 5.10. The van der Waals surface area contributed by atoms with E-state index in [0.717, 1.165) is 17.0 Å². The van der Waals surface area contributed by atoms with Crippen LogP contribution in [0, 0.1) is 0 Å². The molecule has 4 heteroatoms. The van der Waals surface area contributed by atoms with Crippen molar-refractivity contribution < 1.29 is 4.74 Å². The predicted octanol–water partition coefficient (Wildman–Crippen LogP) is 4.04. The highest BCUT2D eigenvalue weighted by atomic mass is 35.5. The number of ether oxygens (including phenoxy) is 1. The molecular formula is C14H19Cl2NO. The summed E-state index contributed by atoms with van der Waals surface area (Å²) in [5, 5.41) is 4.75. The Hall–Kier alpha value is -0.280.